The van der Waals surface area contributed by atoms with Crippen molar-refractivity contribution in [3.8, 4) is 11.6 Å². The summed E-state index contributed by atoms with van der Waals surface area (Å²) in [6.45, 7) is 11.4. The molecule has 1 aromatic heterocycles. The van der Waals surface area contributed by atoms with Crippen molar-refractivity contribution in [1.29, 1.82) is 0 Å². The van der Waals surface area contributed by atoms with Gasteiger partial charge < -0.3 is 19.5 Å². The van der Waals surface area contributed by atoms with Gasteiger partial charge in [-0.05, 0) is 60.4 Å². The van der Waals surface area contributed by atoms with Gasteiger partial charge in [0.1, 0.15) is 22.6 Å². The van der Waals surface area contributed by atoms with Crippen LogP contribution in [0.1, 0.15) is 25.3 Å². The summed E-state index contributed by atoms with van der Waals surface area (Å²) in [6, 6.07) is 9.52. The fraction of sp³-hybridized carbons (Fsp3) is 0.320. The number of aliphatic hydroxyl groups excluding tert-OH is 1. The normalized spacial score (nSPS) is 16.6. The summed E-state index contributed by atoms with van der Waals surface area (Å²) in [4.78, 5) is 6.49. The molecule has 1 atom stereocenters. The number of aliphatic hydroxyl groups is 1. The fourth-order valence-corrected chi connectivity index (χ4v) is 3.86. The second-order valence-electron chi connectivity index (χ2n) is 7.28. The topological polar surface area (TPSA) is 54.8 Å². The fourth-order valence-electron chi connectivity index (χ4n) is 3.70. The second kappa shape index (κ2) is 11.0. The minimum Gasteiger partial charge on any atom is -0.471 e. The first-order chi connectivity index (χ1) is 15.1. The number of aromatic nitrogens is 1. The highest BCUT2D eigenvalue weighted by Gasteiger charge is 2.26. The monoisotopic (exact) mass is 440 g/mol. The van der Waals surface area contributed by atoms with E-state index in [2.05, 4.69) is 23.0 Å². The highest BCUT2D eigenvalue weighted by molar-refractivity contribution is 6.31. The molecule has 1 N–H and O–H groups in total. The second-order valence-corrected chi connectivity index (χ2v) is 7.69. The molecule has 0 bridgehead atoms. The van der Waals surface area contributed by atoms with E-state index in [1.165, 1.54) is 0 Å². The van der Waals surface area contributed by atoms with Crippen LogP contribution < -0.4 is 14.4 Å². The van der Waals surface area contributed by atoms with E-state index in [0.29, 0.717) is 28.8 Å². The molecule has 2 aromatic rings. The quantitative estimate of drug-likeness (QED) is 0.399. The highest BCUT2D eigenvalue weighted by atomic mass is 35.5. The van der Waals surface area contributed by atoms with Gasteiger partial charge in [-0.1, -0.05) is 37.8 Å². The van der Waals surface area contributed by atoms with Gasteiger partial charge in [-0.3, -0.25) is 0 Å². The number of allylic oxidation sites excluding steroid dienone is 3. The number of ether oxygens (including phenoxy) is 2. The summed E-state index contributed by atoms with van der Waals surface area (Å²) >= 11 is 6.18. The number of hydrogen-bond donors (Lipinski definition) is 1. The summed E-state index contributed by atoms with van der Waals surface area (Å²) in [6.07, 6.45) is 7.38. The van der Waals surface area contributed by atoms with Crippen LogP contribution in [0.3, 0.4) is 0 Å². The molecule has 1 fully saturated rings. The summed E-state index contributed by atoms with van der Waals surface area (Å²) in [5, 5.41) is 10.1. The van der Waals surface area contributed by atoms with Crippen molar-refractivity contribution >= 4 is 17.3 Å². The predicted octanol–water partition coefficient (Wildman–Crippen LogP) is 5.34. The smallest absolute Gasteiger partial charge is 0.232 e. The molecule has 5 nitrogen and oxygen atoms in total. The molecule has 0 amide bonds. The molecule has 6 heteroatoms. The lowest BCUT2D eigenvalue weighted by Gasteiger charge is -2.23. The van der Waals surface area contributed by atoms with Gasteiger partial charge >= 0.3 is 0 Å². The van der Waals surface area contributed by atoms with Crippen molar-refractivity contribution in [1.82, 2.24) is 4.98 Å². The van der Waals surface area contributed by atoms with Crippen LogP contribution in [0.25, 0.3) is 0 Å². The molecule has 0 spiro atoms. The average molecular weight is 441 g/mol. The Kier molecular flexibility index (Phi) is 8.15. The van der Waals surface area contributed by atoms with Crippen LogP contribution >= 0.6 is 11.6 Å². The molecule has 1 aromatic carbocycles. The van der Waals surface area contributed by atoms with Crippen molar-refractivity contribution in [2.75, 3.05) is 24.6 Å². The van der Waals surface area contributed by atoms with E-state index in [-0.39, 0.29) is 12.7 Å². The maximum absolute atomic E-state index is 9.60. The van der Waals surface area contributed by atoms with Crippen LogP contribution in [0, 0.1) is 0 Å². The molecule has 0 saturated carbocycles. The molecular formula is C25H29ClN2O3. The molecule has 1 saturated heterocycles. The van der Waals surface area contributed by atoms with E-state index < -0.39 is 0 Å². The van der Waals surface area contributed by atoms with Gasteiger partial charge in [-0.15, -0.1) is 0 Å². The van der Waals surface area contributed by atoms with E-state index in [4.69, 9.17) is 21.1 Å². The molecule has 31 heavy (non-hydrogen) atoms. The third-order valence-electron chi connectivity index (χ3n) is 5.28. The number of rotatable bonds is 10. The lowest BCUT2D eigenvalue weighted by Crippen LogP contribution is -2.25. The molecule has 0 aliphatic carbocycles. The highest BCUT2D eigenvalue weighted by Crippen LogP contribution is 2.32. The summed E-state index contributed by atoms with van der Waals surface area (Å²) in [5.41, 5.74) is 3.09. The Morgan fingerprint density at radius 3 is 2.84 bits per heavy atom. The minimum atomic E-state index is 0.000286. The lowest BCUT2D eigenvalue weighted by atomic mass is 10.1. The summed E-state index contributed by atoms with van der Waals surface area (Å²) < 4.78 is 12.1. The van der Waals surface area contributed by atoms with Crippen LogP contribution in [0.2, 0.25) is 5.02 Å². The molecule has 1 aliphatic rings. The van der Waals surface area contributed by atoms with Crippen LogP contribution in [0.5, 0.6) is 11.6 Å². The standard InChI is InChI=1S/C25H29ClN2O3/c1-4-18(5-2)24(6-3)30-20-9-10-23(19(16-20)12-15-29)28-14-11-21(17-28)31-25-22(26)8-7-13-27-25/h4,6-10,13,16,21,29H,1,3,5,11-12,14-15,17H2,2H3/b24-18-/t21-/m0/s1. The van der Waals surface area contributed by atoms with Gasteiger partial charge in [0, 0.05) is 31.5 Å². The van der Waals surface area contributed by atoms with Crippen LogP contribution in [-0.2, 0) is 6.42 Å². The van der Waals surface area contributed by atoms with Crippen LogP contribution in [-0.4, -0.2) is 35.9 Å². The zero-order valence-corrected chi connectivity index (χ0v) is 18.6. The van der Waals surface area contributed by atoms with Crippen LogP contribution in [0.4, 0.5) is 5.69 Å². The number of pyridine rings is 1. The summed E-state index contributed by atoms with van der Waals surface area (Å²) in [5.74, 6) is 1.87. The Bertz CT molecular complexity index is 958. The van der Waals surface area contributed by atoms with Crippen LogP contribution in [0.15, 0.2) is 73.2 Å². The van der Waals surface area contributed by atoms with Crippen molar-refractivity contribution in [3.05, 3.63) is 83.8 Å². The first-order valence-corrected chi connectivity index (χ1v) is 10.9. The van der Waals surface area contributed by atoms with E-state index in [0.717, 1.165) is 42.8 Å². The van der Waals surface area contributed by atoms with Crippen molar-refractivity contribution in [2.45, 2.75) is 32.3 Å². The van der Waals surface area contributed by atoms with Gasteiger partial charge in [0.25, 0.3) is 0 Å². The maximum atomic E-state index is 9.60. The molecule has 2 heterocycles. The first-order valence-electron chi connectivity index (χ1n) is 10.5. The lowest BCUT2D eigenvalue weighted by molar-refractivity contribution is 0.216. The van der Waals surface area contributed by atoms with Gasteiger partial charge in [0.15, 0.2) is 0 Å². The first kappa shape index (κ1) is 22.9. The Morgan fingerprint density at radius 2 is 2.16 bits per heavy atom. The molecule has 0 radical (unpaired) electrons. The Labute approximate surface area is 189 Å². The Hall–Kier alpha value is -2.76. The number of nitrogens with zero attached hydrogens (tertiary/aromatic N) is 2. The number of anilines is 1. The van der Waals surface area contributed by atoms with Gasteiger partial charge in [0.05, 0.1) is 6.54 Å². The summed E-state index contributed by atoms with van der Waals surface area (Å²) in [7, 11) is 0. The predicted molar refractivity (Wildman–Crippen MR) is 126 cm³/mol. The van der Waals surface area contributed by atoms with Gasteiger partial charge in [-0.25, -0.2) is 4.98 Å². The third kappa shape index (κ3) is 5.69. The molecule has 164 valence electrons. The molecular weight excluding hydrogens is 412 g/mol. The molecule has 0 unspecified atom stereocenters. The average Bonchev–Trinajstić information content (AvgIpc) is 3.24. The number of halogens is 1. The van der Waals surface area contributed by atoms with E-state index in [1.807, 2.05) is 25.1 Å². The molecule has 3 rings (SSSR count). The molecule has 1 aliphatic heterocycles. The van der Waals surface area contributed by atoms with E-state index >= 15 is 0 Å². The zero-order valence-electron chi connectivity index (χ0n) is 17.9. The third-order valence-corrected chi connectivity index (χ3v) is 5.57. The zero-order chi connectivity index (χ0) is 22.2. The van der Waals surface area contributed by atoms with Gasteiger partial charge in [-0.2, -0.15) is 0 Å². The van der Waals surface area contributed by atoms with Crippen molar-refractivity contribution in [2.24, 2.45) is 0 Å². The van der Waals surface area contributed by atoms with Gasteiger partial charge in [0.2, 0.25) is 5.88 Å². The van der Waals surface area contributed by atoms with Crippen molar-refractivity contribution in [3.63, 3.8) is 0 Å². The van der Waals surface area contributed by atoms with Crippen molar-refractivity contribution < 1.29 is 14.6 Å². The Morgan fingerprint density at radius 1 is 1.32 bits per heavy atom. The number of benzene rings is 1. The SMILES string of the molecule is C=C/C(CC)=C(\C=C)Oc1ccc(N2CC[C@H](Oc3ncccc3Cl)C2)c(CCO)c1. The number of hydrogen-bond acceptors (Lipinski definition) is 5. The largest absolute Gasteiger partial charge is 0.471 e. The van der Waals surface area contributed by atoms with E-state index in [9.17, 15) is 5.11 Å². The van der Waals surface area contributed by atoms with E-state index in [1.54, 1.807) is 30.5 Å². The Balaban J connectivity index is 1.77. The maximum Gasteiger partial charge on any atom is 0.232 e. The minimum absolute atomic E-state index is 0.000286.